The molecule has 1 N–H and O–H groups in total. The molecule has 0 spiro atoms. The van der Waals surface area contributed by atoms with Crippen molar-refractivity contribution in [2.45, 2.75) is 13.8 Å². The zero-order valence-electron chi connectivity index (χ0n) is 10.5. The van der Waals surface area contributed by atoms with Crippen LogP contribution < -0.4 is 10.7 Å². The van der Waals surface area contributed by atoms with E-state index in [1.165, 1.54) is 22.8 Å². The molecule has 0 aliphatic rings. The zero-order valence-corrected chi connectivity index (χ0v) is 10.5. The quantitative estimate of drug-likeness (QED) is 0.878. The van der Waals surface area contributed by atoms with Crippen molar-refractivity contribution in [1.82, 2.24) is 4.57 Å². The van der Waals surface area contributed by atoms with Crippen LogP contribution in [-0.4, -0.2) is 15.6 Å². The highest BCUT2D eigenvalue weighted by Crippen LogP contribution is 2.17. The van der Waals surface area contributed by atoms with Crippen LogP contribution in [0.4, 0.5) is 0 Å². The first-order valence-corrected chi connectivity index (χ1v) is 5.65. The number of benzene rings is 1. The zero-order chi connectivity index (χ0) is 14.2. The number of hydrogen-bond donors (Lipinski definition) is 1. The summed E-state index contributed by atoms with van der Waals surface area (Å²) in [5, 5.41) is 20.1. The Kier molecular flexibility index (Phi) is 3.12. The minimum Gasteiger partial charge on any atom is -0.872 e. The smallest absolute Gasteiger partial charge is 0.335 e. The average Bonchev–Trinajstić information content (AvgIpc) is 2.29. The number of aromatic carboxylic acids is 1. The third-order valence-corrected chi connectivity index (χ3v) is 2.87. The topological polar surface area (TPSA) is 82.4 Å². The molecule has 1 aromatic heterocycles. The van der Waals surface area contributed by atoms with E-state index in [-0.39, 0.29) is 11.3 Å². The van der Waals surface area contributed by atoms with E-state index in [1.54, 1.807) is 19.9 Å². The molecular formula is C14H12NO4-. The Morgan fingerprint density at radius 3 is 2.42 bits per heavy atom. The second kappa shape index (κ2) is 4.61. The van der Waals surface area contributed by atoms with E-state index in [1.807, 2.05) is 0 Å². The Morgan fingerprint density at radius 2 is 1.89 bits per heavy atom. The van der Waals surface area contributed by atoms with Gasteiger partial charge >= 0.3 is 5.97 Å². The van der Waals surface area contributed by atoms with Crippen LogP contribution in [0.3, 0.4) is 0 Å². The van der Waals surface area contributed by atoms with Crippen molar-refractivity contribution in [3.63, 3.8) is 0 Å². The van der Waals surface area contributed by atoms with Gasteiger partial charge in [-0.15, -0.1) is 5.75 Å². The number of nitrogens with zero attached hydrogens (tertiary/aromatic N) is 1. The fourth-order valence-electron chi connectivity index (χ4n) is 2.02. The molecule has 5 nitrogen and oxygen atoms in total. The Labute approximate surface area is 109 Å². The molecule has 5 heteroatoms. The van der Waals surface area contributed by atoms with E-state index in [9.17, 15) is 14.7 Å². The fourth-order valence-corrected chi connectivity index (χ4v) is 2.02. The van der Waals surface area contributed by atoms with Gasteiger partial charge in [0.25, 0.3) is 5.56 Å². The van der Waals surface area contributed by atoms with Gasteiger partial charge in [0.1, 0.15) is 0 Å². The highest BCUT2D eigenvalue weighted by Gasteiger charge is 2.09. The highest BCUT2D eigenvalue weighted by molar-refractivity contribution is 5.88. The van der Waals surface area contributed by atoms with Crippen molar-refractivity contribution < 1.29 is 15.0 Å². The third kappa shape index (κ3) is 2.35. The minimum absolute atomic E-state index is 0.160. The predicted molar refractivity (Wildman–Crippen MR) is 67.9 cm³/mol. The van der Waals surface area contributed by atoms with E-state index in [4.69, 9.17) is 5.11 Å². The molecule has 0 aliphatic heterocycles. The average molecular weight is 258 g/mol. The minimum atomic E-state index is -1.02. The van der Waals surface area contributed by atoms with E-state index in [0.717, 1.165) is 6.07 Å². The lowest BCUT2D eigenvalue weighted by Gasteiger charge is -2.15. The summed E-state index contributed by atoms with van der Waals surface area (Å²) in [5.41, 5.74) is 1.49. The van der Waals surface area contributed by atoms with Crippen LogP contribution in [0.5, 0.6) is 5.75 Å². The van der Waals surface area contributed by atoms with E-state index in [2.05, 4.69) is 0 Å². The number of aromatic nitrogens is 1. The van der Waals surface area contributed by atoms with Crippen LogP contribution in [0, 0.1) is 13.8 Å². The van der Waals surface area contributed by atoms with Gasteiger partial charge in [0.05, 0.1) is 11.3 Å². The van der Waals surface area contributed by atoms with Gasteiger partial charge in [-0.1, -0.05) is 6.07 Å². The molecule has 0 saturated heterocycles. The number of rotatable bonds is 2. The van der Waals surface area contributed by atoms with Crippen molar-refractivity contribution >= 4 is 5.97 Å². The molecule has 2 aromatic rings. The largest absolute Gasteiger partial charge is 0.872 e. The van der Waals surface area contributed by atoms with Crippen molar-refractivity contribution in [2.75, 3.05) is 0 Å². The molecule has 0 amide bonds. The van der Waals surface area contributed by atoms with E-state index in [0.29, 0.717) is 16.9 Å². The third-order valence-electron chi connectivity index (χ3n) is 2.87. The van der Waals surface area contributed by atoms with Crippen LogP contribution in [0.15, 0.2) is 35.1 Å². The van der Waals surface area contributed by atoms with Gasteiger partial charge in [0.15, 0.2) is 0 Å². The molecule has 0 radical (unpaired) electrons. The maximum Gasteiger partial charge on any atom is 0.335 e. The molecule has 0 saturated carbocycles. The maximum absolute atomic E-state index is 11.9. The van der Waals surface area contributed by atoms with Gasteiger partial charge in [-0.25, -0.2) is 4.79 Å². The summed E-state index contributed by atoms with van der Waals surface area (Å²) in [6.07, 6.45) is 0. The first kappa shape index (κ1) is 12.9. The highest BCUT2D eigenvalue weighted by atomic mass is 16.4. The van der Waals surface area contributed by atoms with Crippen LogP contribution in [0.1, 0.15) is 21.6 Å². The monoisotopic (exact) mass is 258 g/mol. The standard InChI is InChI=1S/C14H13NO4/c1-8-5-10(14(18)19)3-4-12(8)15-9(2)6-11(16)7-13(15)17/h3-7,16H,1-2H3,(H,18,19)/p-1. The van der Waals surface area contributed by atoms with Crippen molar-refractivity contribution in [3.05, 3.63) is 57.5 Å². The molecule has 0 aliphatic carbocycles. The fraction of sp³-hybridized carbons (Fsp3) is 0.143. The lowest BCUT2D eigenvalue weighted by Crippen LogP contribution is -2.21. The van der Waals surface area contributed by atoms with Crippen molar-refractivity contribution in [1.29, 1.82) is 0 Å². The van der Waals surface area contributed by atoms with Crippen LogP contribution in [-0.2, 0) is 0 Å². The van der Waals surface area contributed by atoms with Gasteiger partial charge < -0.3 is 10.2 Å². The number of aryl methyl sites for hydroxylation is 2. The summed E-state index contributed by atoms with van der Waals surface area (Å²) < 4.78 is 1.39. The summed E-state index contributed by atoms with van der Waals surface area (Å²) >= 11 is 0. The molecule has 19 heavy (non-hydrogen) atoms. The number of pyridine rings is 1. The normalized spacial score (nSPS) is 10.4. The number of hydrogen-bond acceptors (Lipinski definition) is 3. The van der Waals surface area contributed by atoms with E-state index < -0.39 is 11.5 Å². The second-order valence-electron chi connectivity index (χ2n) is 4.31. The molecular weight excluding hydrogens is 246 g/mol. The Hall–Kier alpha value is -2.56. The summed E-state index contributed by atoms with van der Waals surface area (Å²) in [5.74, 6) is -1.35. The van der Waals surface area contributed by atoms with Gasteiger partial charge in [0, 0.05) is 5.69 Å². The maximum atomic E-state index is 11.9. The van der Waals surface area contributed by atoms with Gasteiger partial charge in [-0.2, -0.15) is 0 Å². The van der Waals surface area contributed by atoms with Crippen LogP contribution in [0.25, 0.3) is 5.69 Å². The molecule has 1 aromatic carbocycles. The summed E-state index contributed by atoms with van der Waals surface area (Å²) in [6.45, 7) is 3.38. The summed E-state index contributed by atoms with van der Waals surface area (Å²) in [6, 6.07) is 6.87. The van der Waals surface area contributed by atoms with Crippen LogP contribution in [0.2, 0.25) is 0 Å². The molecule has 0 unspecified atom stereocenters. The number of carbonyl (C=O) groups is 1. The summed E-state index contributed by atoms with van der Waals surface area (Å²) in [4.78, 5) is 22.7. The van der Waals surface area contributed by atoms with Gasteiger partial charge in [-0.05, 0) is 43.7 Å². The first-order chi connectivity index (χ1) is 8.90. The molecule has 1 heterocycles. The predicted octanol–water partition coefficient (Wildman–Crippen LogP) is 1.23. The Balaban J connectivity index is 2.67. The molecule has 0 fully saturated rings. The summed E-state index contributed by atoms with van der Waals surface area (Å²) in [7, 11) is 0. The van der Waals surface area contributed by atoms with E-state index >= 15 is 0 Å². The van der Waals surface area contributed by atoms with Crippen molar-refractivity contribution in [2.24, 2.45) is 0 Å². The lowest BCUT2D eigenvalue weighted by molar-refractivity contribution is -0.268. The number of carboxylic acid groups (broad SMARTS) is 1. The second-order valence-corrected chi connectivity index (χ2v) is 4.31. The molecule has 0 bridgehead atoms. The molecule has 2 rings (SSSR count). The lowest BCUT2D eigenvalue weighted by atomic mass is 10.1. The Morgan fingerprint density at radius 1 is 1.21 bits per heavy atom. The molecule has 0 atom stereocenters. The molecule has 98 valence electrons. The number of carboxylic acids is 1. The van der Waals surface area contributed by atoms with Crippen LogP contribution >= 0.6 is 0 Å². The van der Waals surface area contributed by atoms with Gasteiger partial charge in [0.2, 0.25) is 0 Å². The Bertz CT molecular complexity index is 716. The first-order valence-electron chi connectivity index (χ1n) is 5.65. The van der Waals surface area contributed by atoms with Gasteiger partial charge in [-0.3, -0.25) is 9.36 Å². The SMILES string of the molecule is Cc1cc(C(=O)O)ccc1-n1c(C)cc([O-])cc1=O. The van der Waals surface area contributed by atoms with Crippen molar-refractivity contribution in [3.8, 4) is 11.4 Å².